The maximum absolute atomic E-state index is 6.38. The first-order chi connectivity index (χ1) is 11.6. The normalized spacial score (nSPS) is 11.4. The number of benzene rings is 3. The van der Waals surface area contributed by atoms with Crippen LogP contribution >= 0.6 is 0 Å². The minimum Gasteiger partial charge on any atom is -0.398 e. The van der Waals surface area contributed by atoms with Crippen molar-refractivity contribution in [3.8, 4) is 0 Å². The van der Waals surface area contributed by atoms with Crippen molar-refractivity contribution in [3.05, 3.63) is 89.5 Å². The summed E-state index contributed by atoms with van der Waals surface area (Å²) >= 11 is 0. The molecule has 0 heterocycles. The Morgan fingerprint density at radius 1 is 0.583 bits per heavy atom. The van der Waals surface area contributed by atoms with E-state index in [-0.39, 0.29) is 0 Å². The van der Waals surface area contributed by atoms with Gasteiger partial charge in [0.05, 0.1) is 5.41 Å². The Hall–Kier alpha value is -2.94. The zero-order chi connectivity index (χ0) is 17.2. The van der Waals surface area contributed by atoms with Gasteiger partial charge in [0.2, 0.25) is 0 Å². The van der Waals surface area contributed by atoms with Crippen molar-refractivity contribution in [2.24, 2.45) is 0 Å². The molecule has 3 rings (SSSR count). The second-order valence-corrected chi connectivity index (χ2v) is 6.02. The highest BCUT2D eigenvalue weighted by molar-refractivity contribution is 5.70. The number of hydrogen-bond donors (Lipinski definition) is 3. The molecule has 0 saturated carbocycles. The Morgan fingerprint density at radius 2 is 0.875 bits per heavy atom. The van der Waals surface area contributed by atoms with E-state index in [1.807, 2.05) is 54.6 Å². The maximum atomic E-state index is 6.38. The summed E-state index contributed by atoms with van der Waals surface area (Å²) < 4.78 is 0. The van der Waals surface area contributed by atoms with Crippen LogP contribution in [0.15, 0.2) is 72.8 Å². The molecule has 0 unspecified atom stereocenters. The van der Waals surface area contributed by atoms with Crippen LogP contribution in [0, 0.1) is 0 Å². The van der Waals surface area contributed by atoms with Crippen LogP contribution in [0.4, 0.5) is 17.1 Å². The summed E-state index contributed by atoms with van der Waals surface area (Å²) in [6.45, 7) is 2.14. The molecule has 0 atom stereocenters. The van der Waals surface area contributed by atoms with Crippen LogP contribution in [-0.2, 0) is 5.41 Å². The van der Waals surface area contributed by atoms with E-state index < -0.39 is 5.41 Å². The Balaban J connectivity index is 2.43. The SMILES string of the molecule is CCC(c1ccccc1N)(c1ccccc1N)c1ccccc1N. The minimum atomic E-state index is -0.484. The second kappa shape index (κ2) is 6.28. The molecule has 3 heteroatoms. The largest absolute Gasteiger partial charge is 0.398 e. The third-order valence-corrected chi connectivity index (χ3v) is 4.79. The monoisotopic (exact) mass is 317 g/mol. The van der Waals surface area contributed by atoms with E-state index in [2.05, 4.69) is 25.1 Å². The molecule has 0 aromatic heterocycles. The summed E-state index contributed by atoms with van der Waals surface area (Å²) in [5.74, 6) is 0. The summed E-state index contributed by atoms with van der Waals surface area (Å²) in [4.78, 5) is 0. The van der Waals surface area contributed by atoms with E-state index in [9.17, 15) is 0 Å². The average molecular weight is 317 g/mol. The third kappa shape index (κ3) is 2.38. The van der Waals surface area contributed by atoms with Crippen LogP contribution in [0.2, 0.25) is 0 Å². The van der Waals surface area contributed by atoms with Gasteiger partial charge in [0, 0.05) is 17.1 Å². The van der Waals surface area contributed by atoms with Crippen LogP contribution < -0.4 is 17.2 Å². The molecule has 122 valence electrons. The molecule has 0 bridgehead atoms. The Labute approximate surface area is 143 Å². The topological polar surface area (TPSA) is 78.1 Å². The predicted octanol–water partition coefficient (Wildman–Crippen LogP) is 4.18. The minimum absolute atomic E-state index is 0.484. The fraction of sp³-hybridized carbons (Fsp3) is 0.143. The standard InChI is InChI=1S/C21H23N3/c1-2-21(15-9-3-6-12-18(15)22,16-10-4-7-13-19(16)23)17-11-5-8-14-20(17)24/h3-14H,2,22-24H2,1H3. The van der Waals surface area contributed by atoms with Crippen molar-refractivity contribution in [1.82, 2.24) is 0 Å². The van der Waals surface area contributed by atoms with Crippen molar-refractivity contribution in [1.29, 1.82) is 0 Å². The van der Waals surface area contributed by atoms with Gasteiger partial charge in [0.15, 0.2) is 0 Å². The van der Waals surface area contributed by atoms with Crippen LogP contribution in [-0.4, -0.2) is 0 Å². The van der Waals surface area contributed by atoms with Gasteiger partial charge in [-0.3, -0.25) is 0 Å². The van der Waals surface area contributed by atoms with Gasteiger partial charge in [-0.1, -0.05) is 61.5 Å². The van der Waals surface area contributed by atoms with E-state index in [1.54, 1.807) is 0 Å². The van der Waals surface area contributed by atoms with E-state index in [0.717, 1.165) is 40.2 Å². The van der Waals surface area contributed by atoms with Crippen molar-refractivity contribution < 1.29 is 0 Å². The number of nitrogens with two attached hydrogens (primary N) is 3. The summed E-state index contributed by atoms with van der Waals surface area (Å²) in [5, 5.41) is 0. The molecular formula is C21H23N3. The number of hydrogen-bond acceptors (Lipinski definition) is 3. The van der Waals surface area contributed by atoms with Gasteiger partial charge in [0.1, 0.15) is 0 Å². The summed E-state index contributed by atoms with van der Waals surface area (Å²) in [5.41, 5.74) is 24.0. The Kier molecular flexibility index (Phi) is 4.17. The number of anilines is 3. The molecule has 24 heavy (non-hydrogen) atoms. The highest BCUT2D eigenvalue weighted by Gasteiger charge is 2.38. The van der Waals surface area contributed by atoms with Gasteiger partial charge < -0.3 is 17.2 Å². The van der Waals surface area contributed by atoms with E-state index in [0.29, 0.717) is 0 Å². The fourth-order valence-electron chi connectivity index (χ4n) is 3.66. The van der Waals surface area contributed by atoms with Gasteiger partial charge in [-0.15, -0.1) is 0 Å². The van der Waals surface area contributed by atoms with Crippen LogP contribution in [0.5, 0.6) is 0 Å². The van der Waals surface area contributed by atoms with Gasteiger partial charge >= 0.3 is 0 Å². The van der Waals surface area contributed by atoms with Crippen LogP contribution in [0.3, 0.4) is 0 Å². The fourth-order valence-corrected chi connectivity index (χ4v) is 3.66. The highest BCUT2D eigenvalue weighted by atomic mass is 14.6. The van der Waals surface area contributed by atoms with Gasteiger partial charge in [-0.2, -0.15) is 0 Å². The lowest BCUT2D eigenvalue weighted by atomic mass is 9.66. The highest BCUT2D eigenvalue weighted by Crippen LogP contribution is 2.47. The quantitative estimate of drug-likeness (QED) is 0.499. The molecule has 3 nitrogen and oxygen atoms in total. The lowest BCUT2D eigenvalue weighted by Crippen LogP contribution is -2.31. The van der Waals surface area contributed by atoms with Crippen LogP contribution in [0.1, 0.15) is 30.0 Å². The summed E-state index contributed by atoms with van der Waals surface area (Å²) in [7, 11) is 0. The first-order valence-corrected chi connectivity index (χ1v) is 8.16. The molecule has 0 aliphatic heterocycles. The molecule has 6 N–H and O–H groups in total. The van der Waals surface area contributed by atoms with Crippen molar-refractivity contribution in [3.63, 3.8) is 0 Å². The Morgan fingerprint density at radius 3 is 1.12 bits per heavy atom. The summed E-state index contributed by atoms with van der Waals surface area (Å²) in [6, 6.07) is 23.9. The second-order valence-electron chi connectivity index (χ2n) is 6.02. The van der Waals surface area contributed by atoms with Crippen LogP contribution in [0.25, 0.3) is 0 Å². The first kappa shape index (κ1) is 15.9. The molecule has 0 spiro atoms. The molecule has 3 aromatic carbocycles. The molecule has 3 aromatic rings. The molecule has 0 amide bonds. The molecular weight excluding hydrogens is 294 g/mol. The lowest BCUT2D eigenvalue weighted by Gasteiger charge is -2.37. The molecule has 0 radical (unpaired) electrons. The van der Waals surface area contributed by atoms with Gasteiger partial charge in [-0.25, -0.2) is 0 Å². The number of para-hydroxylation sites is 3. The predicted molar refractivity (Wildman–Crippen MR) is 103 cm³/mol. The average Bonchev–Trinajstić information content (AvgIpc) is 2.60. The van der Waals surface area contributed by atoms with E-state index >= 15 is 0 Å². The van der Waals surface area contributed by atoms with E-state index in [4.69, 9.17) is 17.2 Å². The van der Waals surface area contributed by atoms with Crippen molar-refractivity contribution >= 4 is 17.1 Å². The summed E-state index contributed by atoms with van der Waals surface area (Å²) in [6.07, 6.45) is 0.795. The zero-order valence-corrected chi connectivity index (χ0v) is 13.9. The first-order valence-electron chi connectivity index (χ1n) is 8.16. The lowest BCUT2D eigenvalue weighted by molar-refractivity contribution is 0.600. The zero-order valence-electron chi connectivity index (χ0n) is 13.9. The maximum Gasteiger partial charge on any atom is 0.0509 e. The van der Waals surface area contributed by atoms with Crippen molar-refractivity contribution in [2.45, 2.75) is 18.8 Å². The molecule has 0 fully saturated rings. The van der Waals surface area contributed by atoms with E-state index in [1.165, 1.54) is 0 Å². The van der Waals surface area contributed by atoms with Gasteiger partial charge in [0.25, 0.3) is 0 Å². The number of rotatable bonds is 4. The molecule has 0 saturated heterocycles. The molecule has 0 aliphatic rings. The molecule has 0 aliphatic carbocycles. The number of nitrogen functional groups attached to an aromatic ring is 3. The Bertz CT molecular complexity index is 744. The smallest absolute Gasteiger partial charge is 0.0509 e. The van der Waals surface area contributed by atoms with Gasteiger partial charge in [-0.05, 0) is 41.3 Å². The van der Waals surface area contributed by atoms with Crippen molar-refractivity contribution in [2.75, 3.05) is 17.2 Å². The third-order valence-electron chi connectivity index (χ3n) is 4.79.